The smallest absolute Gasteiger partial charge is 0.223 e. The molecule has 1 heterocycles. The number of hydrogen-bond donors (Lipinski definition) is 1. The average molecular weight is 406 g/mol. The lowest BCUT2D eigenvalue weighted by atomic mass is 9.97. The molecule has 6 nitrogen and oxygen atoms in total. The highest BCUT2D eigenvalue weighted by Crippen LogP contribution is 2.25. The number of hydrogen-bond acceptors (Lipinski definition) is 4. The number of sulfonamides is 1. The Balaban J connectivity index is 1.91. The lowest BCUT2D eigenvalue weighted by molar-refractivity contribution is -0.126. The van der Waals surface area contributed by atoms with E-state index in [-0.39, 0.29) is 35.5 Å². The van der Waals surface area contributed by atoms with Gasteiger partial charge in [0.05, 0.1) is 5.75 Å². The van der Waals surface area contributed by atoms with Crippen LogP contribution in [0.1, 0.15) is 18.4 Å². The van der Waals surface area contributed by atoms with E-state index in [2.05, 4.69) is 5.32 Å². The van der Waals surface area contributed by atoms with Gasteiger partial charge in [-0.3, -0.25) is 4.79 Å². The normalized spacial score (nSPS) is 16.8. The van der Waals surface area contributed by atoms with E-state index in [0.717, 1.165) is 6.54 Å². The molecular weight excluding hydrogens is 381 g/mol. The van der Waals surface area contributed by atoms with Crippen LogP contribution in [0.3, 0.4) is 0 Å². The third-order valence-electron chi connectivity index (χ3n) is 4.46. The SMILES string of the molecule is CN(C)CCNC(=O)C1CCN(S(=O)(=O)Cc2c(F)cccc2Cl)CC1. The zero-order valence-electron chi connectivity index (χ0n) is 15.0. The first-order chi connectivity index (χ1) is 12.2. The van der Waals surface area contributed by atoms with Crippen molar-refractivity contribution in [2.24, 2.45) is 5.92 Å². The van der Waals surface area contributed by atoms with Crippen molar-refractivity contribution in [1.29, 1.82) is 0 Å². The number of halogens is 2. The molecule has 1 aliphatic heterocycles. The van der Waals surface area contributed by atoms with Gasteiger partial charge in [0.25, 0.3) is 0 Å². The van der Waals surface area contributed by atoms with Crippen molar-refractivity contribution in [3.8, 4) is 0 Å². The summed E-state index contributed by atoms with van der Waals surface area (Å²) in [5.74, 6) is -1.34. The molecular formula is C17H25ClFN3O3S. The van der Waals surface area contributed by atoms with Gasteiger partial charge in [0.1, 0.15) is 5.82 Å². The Morgan fingerprint density at radius 2 is 2.00 bits per heavy atom. The van der Waals surface area contributed by atoms with Crippen molar-refractivity contribution in [2.75, 3.05) is 40.3 Å². The Hall–Kier alpha value is -1.22. The van der Waals surface area contributed by atoms with Gasteiger partial charge in [-0.15, -0.1) is 0 Å². The lowest BCUT2D eigenvalue weighted by Crippen LogP contribution is -2.44. The van der Waals surface area contributed by atoms with E-state index in [1.54, 1.807) is 0 Å². The summed E-state index contributed by atoms with van der Waals surface area (Å²) in [5.41, 5.74) is -0.0160. The van der Waals surface area contributed by atoms with E-state index in [4.69, 9.17) is 11.6 Å². The number of carbonyl (C=O) groups excluding carboxylic acids is 1. The molecule has 0 aromatic heterocycles. The third kappa shape index (κ3) is 5.64. The molecule has 1 aromatic carbocycles. The molecule has 0 unspecified atom stereocenters. The van der Waals surface area contributed by atoms with Crippen molar-refractivity contribution < 1.29 is 17.6 Å². The molecule has 1 fully saturated rings. The number of nitrogens with zero attached hydrogens (tertiary/aromatic N) is 2. The van der Waals surface area contributed by atoms with Crippen LogP contribution >= 0.6 is 11.6 Å². The number of amides is 1. The molecule has 1 saturated heterocycles. The summed E-state index contributed by atoms with van der Waals surface area (Å²) in [6, 6.07) is 4.11. The minimum absolute atomic E-state index is 0.0160. The quantitative estimate of drug-likeness (QED) is 0.749. The molecule has 0 saturated carbocycles. The highest BCUT2D eigenvalue weighted by molar-refractivity contribution is 7.88. The van der Waals surface area contributed by atoms with E-state index in [1.165, 1.54) is 22.5 Å². The molecule has 9 heteroatoms. The summed E-state index contributed by atoms with van der Waals surface area (Å²) in [6.07, 6.45) is 0.913. The molecule has 1 aromatic rings. The average Bonchev–Trinajstić information content (AvgIpc) is 2.58. The second-order valence-corrected chi connectivity index (χ2v) is 9.10. The van der Waals surface area contributed by atoms with Crippen molar-refractivity contribution in [2.45, 2.75) is 18.6 Å². The molecule has 1 amide bonds. The van der Waals surface area contributed by atoms with E-state index < -0.39 is 21.6 Å². The zero-order valence-corrected chi connectivity index (χ0v) is 16.6. The maximum Gasteiger partial charge on any atom is 0.223 e. The van der Waals surface area contributed by atoms with Crippen molar-refractivity contribution in [1.82, 2.24) is 14.5 Å². The predicted molar refractivity (Wildman–Crippen MR) is 99.9 cm³/mol. The van der Waals surface area contributed by atoms with Crippen LogP contribution in [0.2, 0.25) is 5.02 Å². The molecule has 0 aliphatic carbocycles. The molecule has 1 N–H and O–H groups in total. The predicted octanol–water partition coefficient (Wildman–Crippen LogP) is 1.70. The van der Waals surface area contributed by atoms with E-state index in [9.17, 15) is 17.6 Å². The Bertz CT molecular complexity index is 715. The van der Waals surface area contributed by atoms with Crippen LogP contribution in [-0.4, -0.2) is 63.8 Å². The molecule has 0 atom stereocenters. The summed E-state index contributed by atoms with van der Waals surface area (Å²) >= 11 is 5.93. The Kier molecular flexibility index (Phi) is 7.40. The molecule has 0 radical (unpaired) electrons. The fourth-order valence-electron chi connectivity index (χ4n) is 2.89. The van der Waals surface area contributed by atoms with Crippen LogP contribution < -0.4 is 5.32 Å². The number of nitrogens with one attached hydrogen (secondary N) is 1. The molecule has 0 spiro atoms. The van der Waals surface area contributed by atoms with Crippen LogP contribution in [-0.2, 0) is 20.6 Å². The lowest BCUT2D eigenvalue weighted by Gasteiger charge is -2.30. The number of carbonyl (C=O) groups is 1. The molecule has 0 bridgehead atoms. The van der Waals surface area contributed by atoms with E-state index in [0.29, 0.717) is 19.4 Å². The van der Waals surface area contributed by atoms with E-state index in [1.807, 2.05) is 19.0 Å². The van der Waals surface area contributed by atoms with Crippen molar-refractivity contribution in [3.63, 3.8) is 0 Å². The third-order valence-corrected chi connectivity index (χ3v) is 6.62. The molecule has 1 aliphatic rings. The van der Waals surface area contributed by atoms with Crippen molar-refractivity contribution >= 4 is 27.5 Å². The monoisotopic (exact) mass is 405 g/mol. The summed E-state index contributed by atoms with van der Waals surface area (Å²) in [5, 5.41) is 2.98. The van der Waals surface area contributed by atoms with Gasteiger partial charge in [-0.05, 0) is 39.1 Å². The van der Waals surface area contributed by atoms with Crippen LogP contribution in [0.15, 0.2) is 18.2 Å². The standard InChI is InChI=1S/C17H25ClFN3O3S/c1-21(2)11-8-20-17(23)13-6-9-22(10-7-13)26(24,25)12-14-15(18)4-3-5-16(14)19/h3-5,13H,6-12H2,1-2H3,(H,20,23). The fraction of sp³-hybridized carbons (Fsp3) is 0.588. The van der Waals surface area contributed by atoms with Crippen molar-refractivity contribution in [3.05, 3.63) is 34.6 Å². The van der Waals surface area contributed by atoms with E-state index >= 15 is 0 Å². The van der Waals surface area contributed by atoms with Crippen LogP contribution in [0.4, 0.5) is 4.39 Å². The maximum atomic E-state index is 13.9. The Labute approximate surface area is 159 Å². The van der Waals surface area contributed by atoms with Gasteiger partial charge in [0.2, 0.25) is 15.9 Å². The number of rotatable bonds is 7. The number of piperidine rings is 1. The summed E-state index contributed by atoms with van der Waals surface area (Å²) in [7, 11) is 0.168. The number of likely N-dealkylation sites (N-methyl/N-ethyl adjacent to an activating group) is 1. The Morgan fingerprint density at radius 1 is 1.35 bits per heavy atom. The molecule has 146 valence electrons. The summed E-state index contributed by atoms with van der Waals surface area (Å²) in [6.45, 7) is 1.82. The van der Waals surface area contributed by atoms with Gasteiger partial charge in [-0.25, -0.2) is 17.1 Å². The number of benzene rings is 1. The highest BCUT2D eigenvalue weighted by atomic mass is 35.5. The van der Waals surface area contributed by atoms with Gasteiger partial charge in [-0.1, -0.05) is 17.7 Å². The minimum atomic E-state index is -3.69. The first kappa shape index (κ1) is 21.1. The summed E-state index contributed by atoms with van der Waals surface area (Å²) < 4.78 is 40.3. The van der Waals surface area contributed by atoms with Gasteiger partial charge in [0, 0.05) is 42.7 Å². The van der Waals surface area contributed by atoms with Gasteiger partial charge in [0.15, 0.2) is 0 Å². The van der Waals surface area contributed by atoms with Gasteiger partial charge < -0.3 is 10.2 Å². The van der Waals surface area contributed by atoms with Gasteiger partial charge in [-0.2, -0.15) is 0 Å². The topological polar surface area (TPSA) is 69.7 Å². The van der Waals surface area contributed by atoms with Crippen LogP contribution in [0, 0.1) is 11.7 Å². The van der Waals surface area contributed by atoms with Crippen LogP contribution in [0.25, 0.3) is 0 Å². The maximum absolute atomic E-state index is 13.9. The molecule has 26 heavy (non-hydrogen) atoms. The summed E-state index contributed by atoms with van der Waals surface area (Å²) in [4.78, 5) is 14.1. The highest BCUT2D eigenvalue weighted by Gasteiger charge is 2.32. The second kappa shape index (κ2) is 9.12. The second-order valence-electron chi connectivity index (χ2n) is 6.72. The Morgan fingerprint density at radius 3 is 2.58 bits per heavy atom. The first-order valence-corrected chi connectivity index (χ1v) is 10.5. The van der Waals surface area contributed by atoms with Crippen LogP contribution in [0.5, 0.6) is 0 Å². The zero-order chi connectivity index (χ0) is 19.3. The largest absolute Gasteiger partial charge is 0.355 e. The minimum Gasteiger partial charge on any atom is -0.355 e. The molecule has 2 rings (SSSR count). The van der Waals surface area contributed by atoms with Gasteiger partial charge >= 0.3 is 0 Å². The fourth-order valence-corrected chi connectivity index (χ4v) is 4.80. The first-order valence-electron chi connectivity index (χ1n) is 8.54.